The van der Waals surface area contributed by atoms with Crippen LogP contribution in [0.15, 0.2) is 51.8 Å². The zero-order chi connectivity index (χ0) is 14.8. The van der Waals surface area contributed by atoms with E-state index in [1.807, 2.05) is 0 Å². The van der Waals surface area contributed by atoms with Gasteiger partial charge in [-0.05, 0) is 36.4 Å². The number of hydrogen-bond acceptors (Lipinski definition) is 3. The molecule has 0 radical (unpaired) electrons. The van der Waals surface area contributed by atoms with E-state index in [0.717, 1.165) is 11.8 Å². The average molecular weight is 359 g/mol. The molecule has 2 aromatic carbocycles. The molecule has 0 aliphatic carbocycles. The van der Waals surface area contributed by atoms with Gasteiger partial charge in [0, 0.05) is 16.3 Å². The molecule has 0 heterocycles. The van der Waals surface area contributed by atoms with Crippen molar-refractivity contribution in [3.8, 4) is 5.75 Å². The van der Waals surface area contributed by atoms with Crippen molar-refractivity contribution in [1.29, 1.82) is 0 Å². The number of ether oxygens (including phenoxy) is 1. The Morgan fingerprint density at radius 3 is 2.35 bits per heavy atom. The molecule has 0 saturated carbocycles. The average Bonchev–Trinajstić information content (AvgIpc) is 2.37. The molecule has 0 aliphatic heterocycles. The first kappa shape index (κ1) is 15.0. The molecular formula is C14H12BrFO3S. The minimum atomic E-state index is -3.20. The molecule has 0 bridgehead atoms. The van der Waals surface area contributed by atoms with Crippen LogP contribution in [-0.4, -0.2) is 14.7 Å². The van der Waals surface area contributed by atoms with E-state index < -0.39 is 9.84 Å². The molecule has 3 nitrogen and oxygen atoms in total. The first-order valence-corrected chi connectivity index (χ1v) is 8.41. The third-order valence-electron chi connectivity index (χ3n) is 2.66. The van der Waals surface area contributed by atoms with Crippen LogP contribution >= 0.6 is 15.9 Å². The van der Waals surface area contributed by atoms with E-state index in [2.05, 4.69) is 15.9 Å². The van der Waals surface area contributed by atoms with Gasteiger partial charge >= 0.3 is 0 Å². The van der Waals surface area contributed by atoms with Gasteiger partial charge < -0.3 is 4.74 Å². The molecule has 20 heavy (non-hydrogen) atoms. The van der Waals surface area contributed by atoms with Gasteiger partial charge in [0.15, 0.2) is 9.84 Å². The second-order valence-corrected chi connectivity index (χ2v) is 7.14. The Kier molecular flexibility index (Phi) is 4.45. The lowest BCUT2D eigenvalue weighted by Gasteiger charge is -2.08. The summed E-state index contributed by atoms with van der Waals surface area (Å²) in [6, 6.07) is 10.5. The van der Waals surface area contributed by atoms with Crippen LogP contribution in [-0.2, 0) is 16.4 Å². The molecule has 0 aliphatic rings. The topological polar surface area (TPSA) is 43.4 Å². The first-order valence-electron chi connectivity index (χ1n) is 5.73. The second kappa shape index (κ2) is 5.93. The minimum absolute atomic E-state index is 0.243. The fourth-order valence-corrected chi connectivity index (χ4v) is 2.68. The van der Waals surface area contributed by atoms with Crippen molar-refractivity contribution in [3.63, 3.8) is 0 Å². The summed E-state index contributed by atoms with van der Waals surface area (Å²) in [4.78, 5) is 0.243. The van der Waals surface area contributed by atoms with E-state index in [9.17, 15) is 12.8 Å². The Morgan fingerprint density at radius 1 is 1.15 bits per heavy atom. The lowest BCUT2D eigenvalue weighted by atomic mass is 10.2. The van der Waals surface area contributed by atoms with Gasteiger partial charge in [-0.25, -0.2) is 12.8 Å². The summed E-state index contributed by atoms with van der Waals surface area (Å²) in [6.07, 6.45) is 1.15. The Balaban J connectivity index is 2.08. The van der Waals surface area contributed by atoms with Gasteiger partial charge in [0.25, 0.3) is 0 Å². The summed E-state index contributed by atoms with van der Waals surface area (Å²) in [7, 11) is -3.20. The maximum absolute atomic E-state index is 12.9. The SMILES string of the molecule is CS(=O)(=O)c1ccc(OCc2ccc(F)cc2Br)cc1. The van der Waals surface area contributed by atoms with Crippen LogP contribution in [0.2, 0.25) is 0 Å². The highest BCUT2D eigenvalue weighted by molar-refractivity contribution is 9.10. The second-order valence-electron chi connectivity index (χ2n) is 4.27. The number of rotatable bonds is 4. The van der Waals surface area contributed by atoms with Crippen molar-refractivity contribution in [2.75, 3.05) is 6.26 Å². The maximum atomic E-state index is 12.9. The molecule has 0 spiro atoms. The van der Waals surface area contributed by atoms with Crippen molar-refractivity contribution < 1.29 is 17.5 Å². The Hall–Kier alpha value is -1.40. The zero-order valence-corrected chi connectivity index (χ0v) is 13.0. The van der Waals surface area contributed by atoms with Crippen LogP contribution in [0.5, 0.6) is 5.75 Å². The van der Waals surface area contributed by atoms with Gasteiger partial charge in [-0.2, -0.15) is 0 Å². The molecule has 0 saturated heterocycles. The predicted molar refractivity (Wildman–Crippen MR) is 78.0 cm³/mol. The monoisotopic (exact) mass is 358 g/mol. The Bertz CT molecular complexity index is 712. The standard InChI is InChI=1S/C14H12BrFO3S/c1-20(17,18)13-6-4-12(5-7-13)19-9-10-2-3-11(16)8-14(10)15/h2-8H,9H2,1H3. The Morgan fingerprint density at radius 2 is 1.80 bits per heavy atom. The summed E-state index contributed by atoms with van der Waals surface area (Å²) in [5, 5.41) is 0. The third kappa shape index (κ3) is 3.80. The van der Waals surface area contributed by atoms with Gasteiger partial charge in [0.1, 0.15) is 18.2 Å². The molecule has 2 rings (SSSR count). The summed E-state index contributed by atoms with van der Waals surface area (Å²) in [5.41, 5.74) is 0.804. The van der Waals surface area contributed by atoms with E-state index in [4.69, 9.17) is 4.74 Å². The zero-order valence-electron chi connectivity index (χ0n) is 10.6. The van der Waals surface area contributed by atoms with E-state index in [1.165, 1.54) is 24.3 Å². The van der Waals surface area contributed by atoms with Crippen LogP contribution in [0.25, 0.3) is 0 Å². The van der Waals surface area contributed by atoms with Gasteiger partial charge in [0.2, 0.25) is 0 Å². The lowest BCUT2D eigenvalue weighted by molar-refractivity contribution is 0.305. The first-order chi connectivity index (χ1) is 9.36. The van der Waals surface area contributed by atoms with E-state index in [1.54, 1.807) is 18.2 Å². The van der Waals surface area contributed by atoms with Crippen LogP contribution in [0.3, 0.4) is 0 Å². The van der Waals surface area contributed by atoms with Crippen LogP contribution < -0.4 is 4.74 Å². The lowest BCUT2D eigenvalue weighted by Crippen LogP contribution is -1.99. The maximum Gasteiger partial charge on any atom is 0.175 e. The van der Waals surface area contributed by atoms with Gasteiger partial charge in [0.05, 0.1) is 4.90 Å². The summed E-state index contributed by atoms with van der Waals surface area (Å²) in [5.74, 6) is 0.228. The van der Waals surface area contributed by atoms with Crippen LogP contribution in [0.1, 0.15) is 5.56 Å². The molecule has 0 unspecified atom stereocenters. The molecule has 0 atom stereocenters. The molecule has 2 aromatic rings. The van der Waals surface area contributed by atoms with E-state index in [0.29, 0.717) is 10.2 Å². The van der Waals surface area contributed by atoms with Crippen LogP contribution in [0, 0.1) is 5.82 Å². The van der Waals surface area contributed by atoms with Crippen molar-refractivity contribution in [3.05, 3.63) is 58.3 Å². The van der Waals surface area contributed by atoms with Crippen molar-refractivity contribution >= 4 is 25.8 Å². The molecule has 0 amide bonds. The van der Waals surface area contributed by atoms with Crippen LogP contribution in [0.4, 0.5) is 4.39 Å². The molecular weight excluding hydrogens is 347 g/mol. The Labute approximate surface area is 125 Å². The highest BCUT2D eigenvalue weighted by Crippen LogP contribution is 2.21. The number of benzene rings is 2. The molecule has 6 heteroatoms. The number of hydrogen-bond donors (Lipinski definition) is 0. The molecule has 0 fully saturated rings. The highest BCUT2D eigenvalue weighted by Gasteiger charge is 2.07. The van der Waals surface area contributed by atoms with E-state index >= 15 is 0 Å². The quantitative estimate of drug-likeness (QED) is 0.838. The summed E-state index contributed by atoms with van der Waals surface area (Å²) >= 11 is 3.26. The van der Waals surface area contributed by atoms with Crippen molar-refractivity contribution in [1.82, 2.24) is 0 Å². The molecule has 0 N–H and O–H groups in total. The van der Waals surface area contributed by atoms with Crippen molar-refractivity contribution in [2.24, 2.45) is 0 Å². The van der Waals surface area contributed by atoms with Gasteiger partial charge in [-0.3, -0.25) is 0 Å². The summed E-state index contributed by atoms with van der Waals surface area (Å²) in [6.45, 7) is 0.263. The number of halogens is 2. The fourth-order valence-electron chi connectivity index (χ4n) is 1.58. The predicted octanol–water partition coefficient (Wildman–Crippen LogP) is 3.57. The van der Waals surface area contributed by atoms with Gasteiger partial charge in [-0.1, -0.05) is 22.0 Å². The minimum Gasteiger partial charge on any atom is -0.489 e. The van der Waals surface area contributed by atoms with Crippen molar-refractivity contribution in [2.45, 2.75) is 11.5 Å². The largest absolute Gasteiger partial charge is 0.489 e. The van der Waals surface area contributed by atoms with E-state index in [-0.39, 0.29) is 17.3 Å². The number of sulfone groups is 1. The van der Waals surface area contributed by atoms with Gasteiger partial charge in [-0.15, -0.1) is 0 Å². The summed E-state index contributed by atoms with van der Waals surface area (Å²) < 4.78 is 41.7. The normalized spacial score (nSPS) is 11.3. The molecule has 0 aromatic heterocycles. The highest BCUT2D eigenvalue weighted by atomic mass is 79.9. The third-order valence-corrected chi connectivity index (χ3v) is 4.53. The smallest absolute Gasteiger partial charge is 0.175 e. The molecule has 106 valence electrons. The fraction of sp³-hybridized carbons (Fsp3) is 0.143.